The van der Waals surface area contributed by atoms with Gasteiger partial charge in [0.25, 0.3) is 11.5 Å². The minimum Gasteiger partial charge on any atom is -0.497 e. The molecule has 0 spiro atoms. The van der Waals surface area contributed by atoms with Crippen LogP contribution < -0.4 is 15.6 Å². The van der Waals surface area contributed by atoms with Crippen molar-refractivity contribution in [3.05, 3.63) is 100 Å². The number of aromatic nitrogens is 1. The lowest BCUT2D eigenvalue weighted by Gasteiger charge is -2.18. The molecule has 6 nitrogen and oxygen atoms in total. The number of methoxy groups -OCH3 is 1. The number of ketones is 1. The molecule has 7 heteroatoms. The highest BCUT2D eigenvalue weighted by atomic mass is 19.1. The predicted molar refractivity (Wildman–Crippen MR) is 105 cm³/mol. The Morgan fingerprint density at radius 2 is 1.72 bits per heavy atom. The Kier molecular flexibility index (Phi) is 6.19. The van der Waals surface area contributed by atoms with Gasteiger partial charge in [0.05, 0.1) is 7.11 Å². The summed E-state index contributed by atoms with van der Waals surface area (Å²) in [5.74, 6) is -1.06. The first kappa shape index (κ1) is 20.0. The molecule has 3 rings (SSSR count). The lowest BCUT2D eigenvalue weighted by Crippen LogP contribution is -2.41. The third-order valence-electron chi connectivity index (χ3n) is 4.38. The normalized spacial score (nSPS) is 11.5. The van der Waals surface area contributed by atoms with E-state index in [1.165, 1.54) is 30.5 Å². The summed E-state index contributed by atoms with van der Waals surface area (Å²) in [5.41, 5.74) is 0.437. The van der Waals surface area contributed by atoms with Crippen LogP contribution in [0.2, 0.25) is 0 Å². The summed E-state index contributed by atoms with van der Waals surface area (Å²) in [6, 6.07) is 14.8. The second-order valence-electron chi connectivity index (χ2n) is 6.29. The monoisotopic (exact) mass is 394 g/mol. The van der Waals surface area contributed by atoms with Crippen molar-refractivity contribution in [2.24, 2.45) is 0 Å². The molecule has 0 aliphatic carbocycles. The molecule has 0 fully saturated rings. The second kappa shape index (κ2) is 8.97. The van der Waals surface area contributed by atoms with Crippen molar-refractivity contribution in [1.29, 1.82) is 0 Å². The van der Waals surface area contributed by atoms with Gasteiger partial charge in [-0.05, 0) is 48.0 Å². The highest BCUT2D eigenvalue weighted by Gasteiger charge is 2.30. The standard InChI is InChI=1S/C22H19FN2O4/c1-29-18-11-5-15(6-12-18)14-24-22(28)20(25-13-3-2-4-19(25)26)21(27)16-7-9-17(23)10-8-16/h2-13,20H,14H2,1H3,(H,24,28)/t20-/m1/s1. The van der Waals surface area contributed by atoms with Crippen molar-refractivity contribution in [1.82, 2.24) is 9.88 Å². The van der Waals surface area contributed by atoms with E-state index in [0.717, 1.165) is 22.3 Å². The van der Waals surface area contributed by atoms with Crippen LogP contribution in [0.25, 0.3) is 0 Å². The molecule has 1 N–H and O–H groups in total. The number of halogens is 1. The number of amides is 1. The van der Waals surface area contributed by atoms with Gasteiger partial charge in [0, 0.05) is 24.4 Å². The number of ether oxygens (including phenoxy) is 1. The number of pyridine rings is 1. The molecule has 1 amide bonds. The number of hydrogen-bond acceptors (Lipinski definition) is 4. The van der Waals surface area contributed by atoms with Gasteiger partial charge in [-0.3, -0.25) is 19.0 Å². The maximum atomic E-state index is 13.2. The summed E-state index contributed by atoms with van der Waals surface area (Å²) in [7, 11) is 1.56. The molecule has 0 aliphatic rings. The Morgan fingerprint density at radius 1 is 1.03 bits per heavy atom. The smallest absolute Gasteiger partial charge is 0.251 e. The van der Waals surface area contributed by atoms with Gasteiger partial charge in [-0.2, -0.15) is 0 Å². The zero-order valence-electron chi connectivity index (χ0n) is 15.7. The number of nitrogens with one attached hydrogen (secondary N) is 1. The fourth-order valence-corrected chi connectivity index (χ4v) is 2.83. The molecule has 148 valence electrons. The van der Waals surface area contributed by atoms with Crippen LogP contribution in [0.3, 0.4) is 0 Å². The van der Waals surface area contributed by atoms with Crippen molar-refractivity contribution in [2.75, 3.05) is 7.11 Å². The number of hydrogen-bond donors (Lipinski definition) is 1. The van der Waals surface area contributed by atoms with E-state index in [1.807, 2.05) is 0 Å². The minimum absolute atomic E-state index is 0.131. The summed E-state index contributed by atoms with van der Waals surface area (Å²) in [6.07, 6.45) is 1.38. The van der Waals surface area contributed by atoms with Gasteiger partial charge in [-0.1, -0.05) is 18.2 Å². The Hall–Kier alpha value is -3.74. The summed E-state index contributed by atoms with van der Waals surface area (Å²) in [6.45, 7) is 0.164. The van der Waals surface area contributed by atoms with Crippen molar-refractivity contribution < 1.29 is 18.7 Å². The molecule has 0 bridgehead atoms. The van der Waals surface area contributed by atoms with Gasteiger partial charge in [-0.25, -0.2) is 4.39 Å². The highest BCUT2D eigenvalue weighted by Crippen LogP contribution is 2.16. The first-order valence-corrected chi connectivity index (χ1v) is 8.87. The molecule has 1 heterocycles. The number of benzene rings is 2. The van der Waals surface area contributed by atoms with Gasteiger partial charge >= 0.3 is 0 Å². The maximum absolute atomic E-state index is 13.2. The molecule has 0 saturated carbocycles. The quantitative estimate of drug-likeness (QED) is 0.494. The zero-order chi connectivity index (χ0) is 20.8. The Morgan fingerprint density at radius 3 is 2.34 bits per heavy atom. The third-order valence-corrected chi connectivity index (χ3v) is 4.38. The van der Waals surface area contributed by atoms with Crippen LogP contribution in [-0.2, 0) is 11.3 Å². The lowest BCUT2D eigenvalue weighted by atomic mass is 10.0. The molecule has 0 saturated heterocycles. The summed E-state index contributed by atoms with van der Waals surface area (Å²) < 4.78 is 19.4. The molecule has 3 aromatic rings. The van der Waals surface area contributed by atoms with E-state index in [1.54, 1.807) is 37.4 Å². The number of rotatable bonds is 7. The van der Waals surface area contributed by atoms with E-state index >= 15 is 0 Å². The third kappa shape index (κ3) is 4.76. The molecular weight excluding hydrogens is 375 g/mol. The molecule has 1 aromatic heterocycles. The summed E-state index contributed by atoms with van der Waals surface area (Å²) >= 11 is 0. The van der Waals surface area contributed by atoms with E-state index in [2.05, 4.69) is 5.32 Å². The Bertz CT molecular complexity index is 1060. The van der Waals surface area contributed by atoms with Gasteiger partial charge in [0.1, 0.15) is 11.6 Å². The number of carbonyl (C=O) groups excluding carboxylic acids is 2. The van der Waals surface area contributed by atoms with Crippen LogP contribution in [0.1, 0.15) is 22.0 Å². The molecule has 2 aromatic carbocycles. The highest BCUT2D eigenvalue weighted by molar-refractivity contribution is 6.11. The minimum atomic E-state index is -1.41. The average Bonchev–Trinajstić information content (AvgIpc) is 2.74. The molecule has 0 radical (unpaired) electrons. The molecular formula is C22H19FN2O4. The van der Waals surface area contributed by atoms with E-state index < -0.39 is 29.1 Å². The van der Waals surface area contributed by atoms with Gasteiger partial charge < -0.3 is 10.1 Å². The maximum Gasteiger partial charge on any atom is 0.251 e. The second-order valence-corrected chi connectivity index (χ2v) is 6.29. The topological polar surface area (TPSA) is 77.4 Å². The summed E-state index contributed by atoms with van der Waals surface area (Å²) in [5, 5.41) is 2.69. The van der Waals surface area contributed by atoms with Crippen LogP contribution in [0.4, 0.5) is 4.39 Å². The van der Waals surface area contributed by atoms with Crippen molar-refractivity contribution >= 4 is 11.7 Å². The molecule has 0 aliphatic heterocycles. The Balaban J connectivity index is 1.86. The van der Waals surface area contributed by atoms with Crippen molar-refractivity contribution in [2.45, 2.75) is 12.6 Å². The predicted octanol–water partition coefficient (Wildman–Crippen LogP) is 2.74. The van der Waals surface area contributed by atoms with Crippen molar-refractivity contribution in [3.8, 4) is 5.75 Å². The van der Waals surface area contributed by atoms with Gasteiger partial charge in [0.2, 0.25) is 0 Å². The van der Waals surface area contributed by atoms with E-state index in [-0.39, 0.29) is 12.1 Å². The first-order valence-electron chi connectivity index (χ1n) is 8.87. The van der Waals surface area contributed by atoms with E-state index in [9.17, 15) is 18.8 Å². The SMILES string of the molecule is COc1ccc(CNC(=O)[C@@H](C(=O)c2ccc(F)cc2)n2ccccc2=O)cc1. The molecule has 1 atom stereocenters. The molecule has 29 heavy (non-hydrogen) atoms. The average molecular weight is 394 g/mol. The largest absolute Gasteiger partial charge is 0.497 e. The summed E-state index contributed by atoms with van der Waals surface area (Å²) in [4.78, 5) is 38.1. The van der Waals surface area contributed by atoms with E-state index in [4.69, 9.17) is 4.74 Å². The number of carbonyl (C=O) groups is 2. The lowest BCUT2D eigenvalue weighted by molar-refractivity contribution is -0.123. The van der Waals surface area contributed by atoms with E-state index in [0.29, 0.717) is 5.75 Å². The number of Topliss-reactive ketones (excluding diaryl/α,β-unsaturated/α-hetero) is 1. The van der Waals surface area contributed by atoms with Crippen LogP contribution in [0.5, 0.6) is 5.75 Å². The fraction of sp³-hybridized carbons (Fsp3) is 0.136. The molecule has 0 unspecified atom stereocenters. The van der Waals surface area contributed by atoms with Crippen LogP contribution in [0.15, 0.2) is 77.7 Å². The number of nitrogens with zero attached hydrogens (tertiary/aromatic N) is 1. The fourth-order valence-electron chi connectivity index (χ4n) is 2.83. The van der Waals surface area contributed by atoms with Crippen LogP contribution >= 0.6 is 0 Å². The van der Waals surface area contributed by atoms with Gasteiger partial charge in [0.15, 0.2) is 11.8 Å². The van der Waals surface area contributed by atoms with Gasteiger partial charge in [-0.15, -0.1) is 0 Å². The van der Waals surface area contributed by atoms with Crippen molar-refractivity contribution in [3.63, 3.8) is 0 Å². The van der Waals surface area contributed by atoms with Crippen LogP contribution in [0, 0.1) is 5.82 Å². The first-order chi connectivity index (χ1) is 14.0. The zero-order valence-corrected chi connectivity index (χ0v) is 15.7. The Labute approximate surface area is 166 Å². The van der Waals surface area contributed by atoms with Crippen LogP contribution in [-0.4, -0.2) is 23.4 Å².